The van der Waals surface area contributed by atoms with E-state index in [0.717, 1.165) is 18.4 Å². The fraction of sp³-hybridized carbons (Fsp3) is 0.667. The predicted octanol–water partition coefficient (Wildman–Crippen LogP) is 4.68. The van der Waals surface area contributed by atoms with E-state index in [9.17, 15) is 9.90 Å². The Labute approximate surface area is 152 Å². The summed E-state index contributed by atoms with van der Waals surface area (Å²) in [5.74, 6) is -0.834. The van der Waals surface area contributed by atoms with Gasteiger partial charge in [0.25, 0.3) is 0 Å². The number of carboxylic acid groups (broad SMARTS) is 1. The standard InChI is InChI=1S/C21H35NO3/c1-2-3-4-5-6-7-8-12-15-19(23)17-22-20(16-21(24)25)18-13-10-9-11-14-18/h9-11,13-14,19-20,22-23H,2-8,12,15-17H2,1H3,(H,24,25)/t19-,20-/m0/s1. The molecule has 1 aromatic carbocycles. The van der Waals surface area contributed by atoms with Crippen LogP contribution in [0, 0.1) is 0 Å². The molecule has 0 saturated carbocycles. The Bertz CT molecular complexity index is 450. The van der Waals surface area contributed by atoms with Gasteiger partial charge in [0, 0.05) is 12.6 Å². The molecule has 142 valence electrons. The molecule has 0 amide bonds. The van der Waals surface area contributed by atoms with E-state index in [1.54, 1.807) is 0 Å². The molecule has 1 rings (SSSR count). The van der Waals surface area contributed by atoms with Crippen molar-refractivity contribution < 1.29 is 15.0 Å². The van der Waals surface area contributed by atoms with Crippen molar-refractivity contribution in [3.63, 3.8) is 0 Å². The van der Waals surface area contributed by atoms with Gasteiger partial charge in [-0.3, -0.25) is 4.79 Å². The molecule has 2 atom stereocenters. The van der Waals surface area contributed by atoms with Crippen molar-refractivity contribution in [2.24, 2.45) is 0 Å². The van der Waals surface area contributed by atoms with Crippen LogP contribution in [0.4, 0.5) is 0 Å². The highest BCUT2D eigenvalue weighted by Crippen LogP contribution is 2.17. The van der Waals surface area contributed by atoms with Crippen LogP contribution in [0.15, 0.2) is 30.3 Å². The number of unbranched alkanes of at least 4 members (excludes halogenated alkanes) is 7. The monoisotopic (exact) mass is 349 g/mol. The molecule has 0 radical (unpaired) electrons. The topological polar surface area (TPSA) is 69.6 Å². The molecule has 0 bridgehead atoms. The number of nitrogens with one attached hydrogen (secondary N) is 1. The fourth-order valence-electron chi connectivity index (χ4n) is 3.06. The van der Waals surface area contributed by atoms with Gasteiger partial charge in [-0.2, -0.15) is 0 Å². The van der Waals surface area contributed by atoms with E-state index in [-0.39, 0.29) is 12.5 Å². The SMILES string of the molecule is CCCCCCCCCC[C@H](O)CN[C@@H](CC(=O)O)c1ccccc1. The van der Waals surface area contributed by atoms with E-state index in [1.165, 1.54) is 44.9 Å². The predicted molar refractivity (Wildman–Crippen MR) is 103 cm³/mol. The Morgan fingerprint density at radius 3 is 2.20 bits per heavy atom. The molecule has 25 heavy (non-hydrogen) atoms. The van der Waals surface area contributed by atoms with Crippen molar-refractivity contribution in [3.8, 4) is 0 Å². The minimum atomic E-state index is -0.834. The maximum Gasteiger partial charge on any atom is 0.305 e. The van der Waals surface area contributed by atoms with Gasteiger partial charge < -0.3 is 15.5 Å². The summed E-state index contributed by atoms with van der Waals surface area (Å²) in [6.45, 7) is 2.66. The Hall–Kier alpha value is -1.39. The third-order valence-electron chi connectivity index (χ3n) is 4.57. The first-order chi connectivity index (χ1) is 12.1. The summed E-state index contributed by atoms with van der Waals surface area (Å²) in [7, 11) is 0. The smallest absolute Gasteiger partial charge is 0.305 e. The Balaban J connectivity index is 2.19. The van der Waals surface area contributed by atoms with Crippen molar-refractivity contribution in [1.29, 1.82) is 0 Å². The molecule has 0 aliphatic carbocycles. The number of aliphatic hydroxyl groups excluding tert-OH is 1. The number of rotatable bonds is 15. The van der Waals surface area contributed by atoms with Gasteiger partial charge in [-0.15, -0.1) is 0 Å². The number of hydrogen-bond acceptors (Lipinski definition) is 3. The van der Waals surface area contributed by atoms with Gasteiger partial charge in [-0.1, -0.05) is 88.6 Å². The maximum atomic E-state index is 11.1. The van der Waals surface area contributed by atoms with Crippen LogP contribution in [0.3, 0.4) is 0 Å². The summed E-state index contributed by atoms with van der Waals surface area (Å²) >= 11 is 0. The van der Waals surface area contributed by atoms with E-state index in [2.05, 4.69) is 12.2 Å². The minimum absolute atomic E-state index is 0.0223. The zero-order valence-electron chi connectivity index (χ0n) is 15.6. The molecule has 0 fully saturated rings. The van der Waals surface area contributed by atoms with Gasteiger partial charge in [0.05, 0.1) is 12.5 Å². The molecule has 0 unspecified atom stereocenters. The summed E-state index contributed by atoms with van der Waals surface area (Å²) in [6.07, 6.45) is 10.4. The molecule has 1 aromatic rings. The van der Waals surface area contributed by atoms with Gasteiger partial charge in [0.1, 0.15) is 0 Å². The number of hydrogen-bond donors (Lipinski definition) is 3. The van der Waals surface area contributed by atoms with Crippen molar-refractivity contribution in [2.75, 3.05) is 6.54 Å². The highest BCUT2D eigenvalue weighted by atomic mass is 16.4. The highest BCUT2D eigenvalue weighted by molar-refractivity contribution is 5.67. The molecule has 0 spiro atoms. The van der Waals surface area contributed by atoms with Crippen molar-refractivity contribution >= 4 is 5.97 Å². The van der Waals surface area contributed by atoms with E-state index in [4.69, 9.17) is 5.11 Å². The van der Waals surface area contributed by atoms with Crippen LogP contribution < -0.4 is 5.32 Å². The number of carbonyl (C=O) groups is 1. The van der Waals surface area contributed by atoms with Crippen molar-refractivity contribution in [3.05, 3.63) is 35.9 Å². The summed E-state index contributed by atoms with van der Waals surface area (Å²) in [4.78, 5) is 11.1. The van der Waals surface area contributed by atoms with Gasteiger partial charge in [0.2, 0.25) is 0 Å². The first-order valence-corrected chi connectivity index (χ1v) is 9.81. The summed E-state index contributed by atoms with van der Waals surface area (Å²) in [5.41, 5.74) is 0.948. The highest BCUT2D eigenvalue weighted by Gasteiger charge is 2.16. The average Bonchev–Trinajstić information content (AvgIpc) is 2.61. The summed E-state index contributed by atoms with van der Waals surface area (Å²) in [5, 5.41) is 22.4. The van der Waals surface area contributed by atoms with Crippen LogP contribution in [0.2, 0.25) is 0 Å². The zero-order valence-corrected chi connectivity index (χ0v) is 15.6. The normalized spacial score (nSPS) is 13.5. The molecule has 3 N–H and O–H groups in total. The van der Waals surface area contributed by atoms with E-state index >= 15 is 0 Å². The van der Waals surface area contributed by atoms with Crippen molar-refractivity contribution in [2.45, 2.75) is 83.3 Å². The second kappa shape index (κ2) is 13.9. The quantitative estimate of drug-likeness (QED) is 0.402. The molecular weight excluding hydrogens is 314 g/mol. The fourth-order valence-corrected chi connectivity index (χ4v) is 3.06. The van der Waals surface area contributed by atoms with Gasteiger partial charge >= 0.3 is 5.97 Å². The summed E-state index contributed by atoms with van der Waals surface area (Å²) < 4.78 is 0. The zero-order chi connectivity index (χ0) is 18.3. The summed E-state index contributed by atoms with van der Waals surface area (Å²) in [6, 6.07) is 9.31. The second-order valence-electron chi connectivity index (χ2n) is 6.89. The van der Waals surface area contributed by atoms with Crippen LogP contribution in [-0.4, -0.2) is 28.8 Å². The Morgan fingerprint density at radius 2 is 1.60 bits per heavy atom. The third kappa shape index (κ3) is 11.0. The first kappa shape index (κ1) is 21.7. The van der Waals surface area contributed by atoms with E-state index in [1.807, 2.05) is 30.3 Å². The number of carboxylic acids is 1. The third-order valence-corrected chi connectivity index (χ3v) is 4.57. The molecule has 4 nitrogen and oxygen atoms in total. The Kier molecular flexibility index (Phi) is 12.0. The number of aliphatic carboxylic acids is 1. The van der Waals surface area contributed by atoms with Crippen LogP contribution >= 0.6 is 0 Å². The van der Waals surface area contributed by atoms with Gasteiger partial charge in [-0.05, 0) is 12.0 Å². The van der Waals surface area contributed by atoms with E-state index < -0.39 is 12.1 Å². The molecule has 0 saturated heterocycles. The lowest BCUT2D eigenvalue weighted by atomic mass is 10.0. The van der Waals surface area contributed by atoms with Crippen molar-refractivity contribution in [1.82, 2.24) is 5.32 Å². The average molecular weight is 350 g/mol. The maximum absolute atomic E-state index is 11.1. The lowest BCUT2D eigenvalue weighted by Crippen LogP contribution is -2.31. The van der Waals surface area contributed by atoms with Crippen LogP contribution in [0.1, 0.15) is 82.7 Å². The molecule has 0 aromatic heterocycles. The van der Waals surface area contributed by atoms with Gasteiger partial charge in [-0.25, -0.2) is 0 Å². The Morgan fingerprint density at radius 1 is 1.00 bits per heavy atom. The lowest BCUT2D eigenvalue weighted by Gasteiger charge is -2.20. The van der Waals surface area contributed by atoms with Crippen LogP contribution in [0.25, 0.3) is 0 Å². The molecule has 0 aliphatic rings. The molecule has 0 aliphatic heterocycles. The van der Waals surface area contributed by atoms with Crippen LogP contribution in [0.5, 0.6) is 0 Å². The van der Waals surface area contributed by atoms with Gasteiger partial charge in [0.15, 0.2) is 0 Å². The first-order valence-electron chi connectivity index (χ1n) is 9.81. The van der Waals surface area contributed by atoms with Crippen LogP contribution in [-0.2, 0) is 4.79 Å². The molecular formula is C21H35NO3. The largest absolute Gasteiger partial charge is 0.481 e. The number of benzene rings is 1. The number of aliphatic hydroxyl groups is 1. The minimum Gasteiger partial charge on any atom is -0.481 e. The molecule has 0 heterocycles. The molecule has 4 heteroatoms. The van der Waals surface area contributed by atoms with E-state index in [0.29, 0.717) is 6.54 Å². The second-order valence-corrected chi connectivity index (χ2v) is 6.89. The lowest BCUT2D eigenvalue weighted by molar-refractivity contribution is -0.137.